The standard InChI is InChI=1S/C22H26N4O3/c27-19-18-15(5-4-6-17(18)23-14-24-19)20(28)26-11-7-22(8-12-26)13-16(22)21(29)25-9-2-1-3-10-25/h4-6,14,16H,1-3,7-13H2,(H,23,24,27). The lowest BCUT2D eigenvalue weighted by Gasteiger charge is -2.34. The monoisotopic (exact) mass is 394 g/mol. The number of carbonyl (C=O) groups excluding carboxylic acids is 2. The largest absolute Gasteiger partial charge is 0.342 e. The molecule has 3 heterocycles. The number of hydrogen-bond donors (Lipinski definition) is 1. The molecule has 3 fully saturated rings. The van der Waals surface area contributed by atoms with Crippen molar-refractivity contribution in [2.24, 2.45) is 11.3 Å². The van der Waals surface area contributed by atoms with E-state index in [0.717, 1.165) is 45.2 Å². The van der Waals surface area contributed by atoms with E-state index in [1.165, 1.54) is 12.7 Å². The molecule has 2 aliphatic heterocycles. The van der Waals surface area contributed by atoms with Crippen molar-refractivity contribution >= 4 is 22.7 Å². The average Bonchev–Trinajstić information content (AvgIpc) is 3.46. The highest BCUT2D eigenvalue weighted by molar-refractivity contribution is 6.05. The second-order valence-electron chi connectivity index (χ2n) is 8.73. The Labute approximate surface area is 169 Å². The smallest absolute Gasteiger partial charge is 0.259 e. The first-order valence-corrected chi connectivity index (χ1v) is 10.6. The van der Waals surface area contributed by atoms with Crippen molar-refractivity contribution in [3.05, 3.63) is 40.4 Å². The maximum atomic E-state index is 13.1. The van der Waals surface area contributed by atoms with Crippen molar-refractivity contribution < 1.29 is 9.59 Å². The van der Waals surface area contributed by atoms with Gasteiger partial charge in [0.25, 0.3) is 11.5 Å². The van der Waals surface area contributed by atoms with Crippen LogP contribution in [0, 0.1) is 11.3 Å². The Hall–Kier alpha value is -2.70. The first-order chi connectivity index (χ1) is 14.1. The summed E-state index contributed by atoms with van der Waals surface area (Å²) >= 11 is 0. The summed E-state index contributed by atoms with van der Waals surface area (Å²) in [6.45, 7) is 3.08. The fraction of sp³-hybridized carbons (Fsp3) is 0.545. The van der Waals surface area contributed by atoms with Gasteiger partial charge in [0, 0.05) is 32.1 Å². The maximum absolute atomic E-state index is 13.1. The van der Waals surface area contributed by atoms with Gasteiger partial charge in [-0.15, -0.1) is 0 Å². The van der Waals surface area contributed by atoms with E-state index in [-0.39, 0.29) is 22.8 Å². The van der Waals surface area contributed by atoms with Gasteiger partial charge in [-0.3, -0.25) is 14.4 Å². The summed E-state index contributed by atoms with van der Waals surface area (Å²) in [6, 6.07) is 5.21. The number of fused-ring (bicyclic) bond motifs is 1. The summed E-state index contributed by atoms with van der Waals surface area (Å²) in [5.74, 6) is 0.349. The Kier molecular flexibility index (Phi) is 4.41. The zero-order chi connectivity index (χ0) is 20.0. The molecule has 1 spiro atoms. The molecule has 1 atom stereocenters. The Bertz CT molecular complexity index is 1010. The van der Waals surface area contributed by atoms with Crippen LogP contribution in [0.3, 0.4) is 0 Å². The molecule has 3 aliphatic rings. The van der Waals surface area contributed by atoms with Crippen LogP contribution in [0.1, 0.15) is 48.9 Å². The molecule has 1 aromatic heterocycles. The summed E-state index contributed by atoms with van der Waals surface area (Å²) in [6.07, 6.45) is 7.51. The highest BCUT2D eigenvalue weighted by Crippen LogP contribution is 2.60. The van der Waals surface area contributed by atoms with Gasteiger partial charge >= 0.3 is 0 Å². The van der Waals surface area contributed by atoms with E-state index in [0.29, 0.717) is 35.5 Å². The van der Waals surface area contributed by atoms with Gasteiger partial charge in [0.05, 0.1) is 22.8 Å². The minimum atomic E-state index is -0.290. The second kappa shape index (κ2) is 6.97. The molecule has 7 heteroatoms. The summed E-state index contributed by atoms with van der Waals surface area (Å²) in [4.78, 5) is 48.9. The van der Waals surface area contributed by atoms with Gasteiger partial charge in [0.15, 0.2) is 0 Å². The Morgan fingerprint density at radius 3 is 2.55 bits per heavy atom. The molecule has 0 radical (unpaired) electrons. The predicted molar refractivity (Wildman–Crippen MR) is 108 cm³/mol. The second-order valence-corrected chi connectivity index (χ2v) is 8.73. The normalized spacial score (nSPS) is 23.4. The zero-order valence-electron chi connectivity index (χ0n) is 16.5. The molecule has 1 aromatic carbocycles. The Morgan fingerprint density at radius 1 is 1.03 bits per heavy atom. The molecule has 1 aliphatic carbocycles. The van der Waals surface area contributed by atoms with Crippen LogP contribution >= 0.6 is 0 Å². The number of H-pyrrole nitrogens is 1. The van der Waals surface area contributed by atoms with Crippen molar-refractivity contribution in [2.45, 2.75) is 38.5 Å². The van der Waals surface area contributed by atoms with E-state index in [1.54, 1.807) is 18.2 Å². The number of aromatic nitrogens is 2. The van der Waals surface area contributed by atoms with E-state index in [2.05, 4.69) is 14.9 Å². The quantitative estimate of drug-likeness (QED) is 0.846. The third kappa shape index (κ3) is 3.12. The molecule has 1 unspecified atom stereocenters. The highest BCUT2D eigenvalue weighted by atomic mass is 16.2. The van der Waals surface area contributed by atoms with E-state index < -0.39 is 0 Å². The summed E-state index contributed by atoms with van der Waals surface area (Å²) in [5, 5.41) is 0.352. The Morgan fingerprint density at radius 2 is 1.79 bits per heavy atom. The Balaban J connectivity index is 1.28. The average molecular weight is 394 g/mol. The maximum Gasteiger partial charge on any atom is 0.259 e. The first-order valence-electron chi connectivity index (χ1n) is 10.6. The molecule has 29 heavy (non-hydrogen) atoms. The van der Waals surface area contributed by atoms with Crippen molar-refractivity contribution in [2.75, 3.05) is 26.2 Å². The van der Waals surface area contributed by atoms with Gasteiger partial charge in [0.2, 0.25) is 5.91 Å². The van der Waals surface area contributed by atoms with Crippen molar-refractivity contribution in [1.82, 2.24) is 19.8 Å². The van der Waals surface area contributed by atoms with Crippen LogP contribution in [0.2, 0.25) is 0 Å². The number of nitrogens with zero attached hydrogens (tertiary/aromatic N) is 3. The van der Waals surface area contributed by atoms with E-state index in [9.17, 15) is 14.4 Å². The molecule has 7 nitrogen and oxygen atoms in total. The number of amides is 2. The first kappa shape index (κ1) is 18.3. The van der Waals surface area contributed by atoms with Gasteiger partial charge in [-0.1, -0.05) is 6.07 Å². The number of benzene rings is 1. The van der Waals surface area contributed by atoms with Gasteiger partial charge in [-0.25, -0.2) is 4.98 Å². The van der Waals surface area contributed by atoms with Crippen LogP contribution < -0.4 is 5.56 Å². The minimum absolute atomic E-state index is 0.0864. The van der Waals surface area contributed by atoms with Crippen LogP contribution in [-0.4, -0.2) is 57.8 Å². The van der Waals surface area contributed by atoms with E-state index in [1.807, 2.05) is 4.90 Å². The molecule has 1 saturated carbocycles. The molecule has 2 aromatic rings. The van der Waals surface area contributed by atoms with Crippen LogP contribution in [0.25, 0.3) is 10.9 Å². The van der Waals surface area contributed by atoms with Gasteiger partial charge in [0.1, 0.15) is 0 Å². The SMILES string of the molecule is O=C(c1cccc2nc[nH]c(=O)c12)N1CCC2(CC1)CC2C(=O)N1CCCCC1. The lowest BCUT2D eigenvalue weighted by Crippen LogP contribution is -2.42. The summed E-state index contributed by atoms with van der Waals surface area (Å²) in [5.41, 5.74) is 0.733. The number of piperidine rings is 2. The van der Waals surface area contributed by atoms with Crippen LogP contribution in [0.15, 0.2) is 29.3 Å². The molecular weight excluding hydrogens is 368 g/mol. The third-order valence-electron chi connectivity index (χ3n) is 7.10. The molecule has 2 amide bonds. The topological polar surface area (TPSA) is 86.4 Å². The molecule has 0 bridgehead atoms. The number of likely N-dealkylation sites (tertiary alicyclic amines) is 2. The number of carbonyl (C=O) groups is 2. The van der Waals surface area contributed by atoms with E-state index >= 15 is 0 Å². The molecule has 152 valence electrons. The molecule has 1 N–H and O–H groups in total. The predicted octanol–water partition coefficient (Wildman–Crippen LogP) is 2.18. The van der Waals surface area contributed by atoms with Gasteiger partial charge in [-0.2, -0.15) is 0 Å². The van der Waals surface area contributed by atoms with Crippen molar-refractivity contribution in [3.63, 3.8) is 0 Å². The lowest BCUT2D eigenvalue weighted by atomic mass is 9.89. The lowest BCUT2D eigenvalue weighted by molar-refractivity contribution is -0.134. The van der Waals surface area contributed by atoms with Crippen LogP contribution in [0.4, 0.5) is 0 Å². The van der Waals surface area contributed by atoms with Gasteiger partial charge in [-0.05, 0) is 56.1 Å². The van der Waals surface area contributed by atoms with Crippen LogP contribution in [-0.2, 0) is 4.79 Å². The fourth-order valence-electron chi connectivity index (χ4n) is 5.21. The van der Waals surface area contributed by atoms with Crippen LogP contribution in [0.5, 0.6) is 0 Å². The third-order valence-corrected chi connectivity index (χ3v) is 7.10. The highest BCUT2D eigenvalue weighted by Gasteiger charge is 2.59. The zero-order valence-corrected chi connectivity index (χ0v) is 16.5. The summed E-state index contributed by atoms with van der Waals surface area (Å²) in [7, 11) is 0. The number of aromatic amines is 1. The summed E-state index contributed by atoms with van der Waals surface area (Å²) < 4.78 is 0. The van der Waals surface area contributed by atoms with Crippen molar-refractivity contribution in [3.8, 4) is 0 Å². The molecule has 2 saturated heterocycles. The number of rotatable bonds is 2. The molecule has 5 rings (SSSR count). The fourth-order valence-corrected chi connectivity index (χ4v) is 5.21. The molecular formula is C22H26N4O3. The minimum Gasteiger partial charge on any atom is -0.342 e. The van der Waals surface area contributed by atoms with E-state index in [4.69, 9.17) is 0 Å². The number of hydrogen-bond acceptors (Lipinski definition) is 4. The van der Waals surface area contributed by atoms with Crippen molar-refractivity contribution in [1.29, 1.82) is 0 Å². The number of nitrogens with one attached hydrogen (secondary N) is 1. The van der Waals surface area contributed by atoms with Gasteiger partial charge < -0.3 is 14.8 Å².